The van der Waals surface area contributed by atoms with Crippen molar-refractivity contribution >= 4 is 24.0 Å². The first-order valence-corrected chi connectivity index (χ1v) is 6.50. The minimum Gasteiger partial charge on any atom is -0.457 e. The Balaban J connectivity index is 0.00000110. The molecule has 0 bridgehead atoms. The third kappa shape index (κ3) is 2.05. The van der Waals surface area contributed by atoms with Crippen molar-refractivity contribution in [2.45, 2.75) is 11.8 Å². The minimum absolute atomic E-state index is 0. The molecule has 2 atom stereocenters. The van der Waals surface area contributed by atoms with Gasteiger partial charge in [0.2, 0.25) is 0 Å². The van der Waals surface area contributed by atoms with Gasteiger partial charge < -0.3 is 10.1 Å². The molecule has 98 valence electrons. The highest BCUT2D eigenvalue weighted by molar-refractivity contribution is 14.0. The number of para-hydroxylation sites is 2. The van der Waals surface area contributed by atoms with Gasteiger partial charge in [0.25, 0.3) is 0 Å². The van der Waals surface area contributed by atoms with Crippen LogP contribution in [-0.2, 0) is 0 Å². The summed E-state index contributed by atoms with van der Waals surface area (Å²) in [5, 5.41) is 3.52. The summed E-state index contributed by atoms with van der Waals surface area (Å²) in [5.41, 5.74) is 2.67. The van der Waals surface area contributed by atoms with E-state index in [-0.39, 0.29) is 24.0 Å². The molecule has 0 amide bonds. The van der Waals surface area contributed by atoms with Crippen molar-refractivity contribution in [1.82, 2.24) is 5.32 Å². The summed E-state index contributed by atoms with van der Waals surface area (Å²) in [7, 11) is 0. The van der Waals surface area contributed by atoms with Crippen LogP contribution in [0.4, 0.5) is 0 Å². The van der Waals surface area contributed by atoms with Gasteiger partial charge in [0, 0.05) is 24.9 Å². The molecule has 2 unspecified atom stereocenters. The van der Waals surface area contributed by atoms with E-state index in [4.69, 9.17) is 4.74 Å². The second kappa shape index (κ2) is 5.13. The maximum Gasteiger partial charge on any atom is 0.130 e. The Morgan fingerprint density at radius 3 is 1.79 bits per heavy atom. The summed E-state index contributed by atoms with van der Waals surface area (Å²) in [5.74, 6) is 3.09. The number of rotatable bonds is 0. The Morgan fingerprint density at radius 2 is 1.26 bits per heavy atom. The van der Waals surface area contributed by atoms with Crippen molar-refractivity contribution in [1.29, 1.82) is 0 Å². The van der Waals surface area contributed by atoms with Crippen LogP contribution in [0.1, 0.15) is 23.0 Å². The van der Waals surface area contributed by atoms with E-state index in [2.05, 4.69) is 41.7 Å². The molecule has 2 heterocycles. The normalized spacial score (nSPS) is 23.2. The summed E-state index contributed by atoms with van der Waals surface area (Å²) in [6.45, 7) is 2.08. The molecule has 0 aromatic heterocycles. The minimum atomic E-state index is 0. The standard InChI is InChI=1S/C16H15NO.HI/c1-3-7-15-11(5-1)13-9-17-10-14(13)12-6-2-4-8-16(12)18-15;/h1-8,13-14,17H,9-10H2;1H. The number of halogens is 1. The van der Waals surface area contributed by atoms with Crippen molar-refractivity contribution in [3.8, 4) is 11.5 Å². The Labute approximate surface area is 130 Å². The van der Waals surface area contributed by atoms with E-state index in [9.17, 15) is 0 Å². The van der Waals surface area contributed by atoms with E-state index in [1.54, 1.807) is 0 Å². The lowest BCUT2D eigenvalue weighted by Crippen LogP contribution is -2.08. The lowest BCUT2D eigenvalue weighted by molar-refractivity contribution is 0.476. The van der Waals surface area contributed by atoms with Crippen LogP contribution in [-0.4, -0.2) is 13.1 Å². The molecular weight excluding hydrogens is 349 g/mol. The molecule has 19 heavy (non-hydrogen) atoms. The fourth-order valence-electron chi connectivity index (χ4n) is 3.21. The lowest BCUT2D eigenvalue weighted by atomic mass is 9.84. The Bertz CT molecular complexity index is 547. The maximum absolute atomic E-state index is 6.11. The summed E-state index contributed by atoms with van der Waals surface area (Å²) < 4.78 is 6.11. The first-order valence-electron chi connectivity index (χ1n) is 6.50. The average molecular weight is 365 g/mol. The summed E-state index contributed by atoms with van der Waals surface area (Å²) >= 11 is 0. The molecule has 4 rings (SSSR count). The largest absolute Gasteiger partial charge is 0.457 e. The smallest absolute Gasteiger partial charge is 0.130 e. The van der Waals surface area contributed by atoms with Crippen molar-refractivity contribution in [2.75, 3.05) is 13.1 Å². The Hall–Kier alpha value is -1.07. The molecule has 2 nitrogen and oxygen atoms in total. The van der Waals surface area contributed by atoms with Crippen LogP contribution in [0.25, 0.3) is 0 Å². The molecule has 3 heteroatoms. The number of hydrogen-bond acceptors (Lipinski definition) is 2. The van der Waals surface area contributed by atoms with Gasteiger partial charge in [-0.3, -0.25) is 0 Å². The first-order chi connectivity index (χ1) is 8.93. The zero-order chi connectivity index (χ0) is 11.9. The van der Waals surface area contributed by atoms with Crippen molar-refractivity contribution < 1.29 is 4.74 Å². The fraction of sp³-hybridized carbons (Fsp3) is 0.250. The van der Waals surface area contributed by atoms with Gasteiger partial charge in [0.1, 0.15) is 11.5 Å². The fourth-order valence-corrected chi connectivity index (χ4v) is 3.21. The highest BCUT2D eigenvalue weighted by Crippen LogP contribution is 2.47. The average Bonchev–Trinajstić information content (AvgIpc) is 2.84. The van der Waals surface area contributed by atoms with Gasteiger partial charge in [0.05, 0.1) is 0 Å². The van der Waals surface area contributed by atoms with Gasteiger partial charge in [-0.2, -0.15) is 0 Å². The first kappa shape index (κ1) is 12.9. The summed E-state index contributed by atoms with van der Waals surface area (Å²) in [4.78, 5) is 0. The Morgan fingerprint density at radius 1 is 0.789 bits per heavy atom. The molecule has 0 aliphatic carbocycles. The predicted molar refractivity (Wildman–Crippen MR) is 86.7 cm³/mol. The van der Waals surface area contributed by atoms with Gasteiger partial charge in [-0.25, -0.2) is 0 Å². The van der Waals surface area contributed by atoms with Gasteiger partial charge in [-0.05, 0) is 23.3 Å². The van der Waals surface area contributed by atoms with Crippen molar-refractivity contribution in [2.24, 2.45) is 0 Å². The quantitative estimate of drug-likeness (QED) is 0.716. The number of nitrogens with one attached hydrogen (secondary N) is 1. The van der Waals surface area contributed by atoms with Gasteiger partial charge >= 0.3 is 0 Å². The lowest BCUT2D eigenvalue weighted by Gasteiger charge is -2.16. The predicted octanol–water partition coefficient (Wildman–Crippen LogP) is 3.88. The second-order valence-corrected chi connectivity index (χ2v) is 5.05. The summed E-state index contributed by atoms with van der Waals surface area (Å²) in [6.07, 6.45) is 0. The topological polar surface area (TPSA) is 21.3 Å². The van der Waals surface area contributed by atoms with Gasteiger partial charge in [-0.15, -0.1) is 24.0 Å². The molecule has 0 saturated carbocycles. The van der Waals surface area contributed by atoms with Crippen LogP contribution in [0.2, 0.25) is 0 Å². The molecule has 2 aromatic rings. The maximum atomic E-state index is 6.11. The van der Waals surface area contributed by atoms with Gasteiger partial charge in [0.15, 0.2) is 0 Å². The highest BCUT2D eigenvalue weighted by Gasteiger charge is 2.35. The molecule has 0 radical (unpaired) electrons. The van der Waals surface area contributed by atoms with Crippen LogP contribution in [0.5, 0.6) is 11.5 Å². The molecular formula is C16H16INO. The van der Waals surface area contributed by atoms with E-state index in [1.165, 1.54) is 11.1 Å². The zero-order valence-corrected chi connectivity index (χ0v) is 12.8. The number of benzene rings is 2. The van der Waals surface area contributed by atoms with Crippen molar-refractivity contribution in [3.05, 3.63) is 59.7 Å². The Kier molecular flexibility index (Phi) is 3.50. The summed E-state index contributed by atoms with van der Waals surface area (Å²) in [6, 6.07) is 16.9. The van der Waals surface area contributed by atoms with E-state index < -0.39 is 0 Å². The molecule has 2 aromatic carbocycles. The number of ether oxygens (including phenoxy) is 1. The van der Waals surface area contributed by atoms with E-state index in [0.29, 0.717) is 11.8 Å². The van der Waals surface area contributed by atoms with E-state index >= 15 is 0 Å². The second-order valence-electron chi connectivity index (χ2n) is 5.05. The van der Waals surface area contributed by atoms with Crippen LogP contribution < -0.4 is 10.1 Å². The third-order valence-electron chi connectivity index (χ3n) is 4.07. The SMILES string of the molecule is I.c1ccc2c(c1)Oc1ccccc1C1CNCC21. The highest BCUT2D eigenvalue weighted by atomic mass is 127. The van der Waals surface area contributed by atoms with Crippen LogP contribution in [0.3, 0.4) is 0 Å². The van der Waals surface area contributed by atoms with Gasteiger partial charge in [-0.1, -0.05) is 36.4 Å². The molecule has 1 fully saturated rings. The molecule has 1 N–H and O–H groups in total. The van der Waals surface area contributed by atoms with E-state index in [0.717, 1.165) is 24.6 Å². The zero-order valence-electron chi connectivity index (χ0n) is 10.5. The van der Waals surface area contributed by atoms with E-state index in [1.807, 2.05) is 12.1 Å². The number of fused-ring (bicyclic) bond motifs is 5. The molecule has 0 spiro atoms. The number of hydrogen-bond donors (Lipinski definition) is 1. The van der Waals surface area contributed by atoms with Crippen LogP contribution in [0, 0.1) is 0 Å². The molecule has 1 saturated heterocycles. The van der Waals surface area contributed by atoms with Crippen LogP contribution >= 0.6 is 24.0 Å². The third-order valence-corrected chi connectivity index (χ3v) is 4.07. The monoisotopic (exact) mass is 365 g/mol. The van der Waals surface area contributed by atoms with Crippen LogP contribution in [0.15, 0.2) is 48.5 Å². The molecule has 2 aliphatic heterocycles. The van der Waals surface area contributed by atoms with Crippen molar-refractivity contribution in [3.63, 3.8) is 0 Å². The molecule has 2 aliphatic rings.